The fourth-order valence-electron chi connectivity index (χ4n) is 7.85. The fourth-order valence-corrected chi connectivity index (χ4v) is 7.85. The maximum atomic E-state index is 11.6. The first kappa shape index (κ1) is 18.8. The Labute approximate surface area is 166 Å². The summed E-state index contributed by atoms with van der Waals surface area (Å²) in [7, 11) is 0. The van der Waals surface area contributed by atoms with E-state index in [4.69, 9.17) is 4.74 Å². The molecule has 0 radical (unpaired) electrons. The Hall–Kier alpha value is -1.17. The average Bonchev–Trinajstić information content (AvgIpc) is 3.23. The number of esters is 1. The predicted molar refractivity (Wildman–Crippen MR) is 103 cm³/mol. The summed E-state index contributed by atoms with van der Waals surface area (Å²) in [6.07, 6.45) is 9.87. The van der Waals surface area contributed by atoms with Gasteiger partial charge in [-0.3, -0.25) is 0 Å². The molecule has 0 amide bonds. The first-order valence-corrected chi connectivity index (χ1v) is 10.9. The number of aliphatic hydroxyl groups excluding tert-OH is 2. The first-order valence-electron chi connectivity index (χ1n) is 10.9. The van der Waals surface area contributed by atoms with Gasteiger partial charge < -0.3 is 20.1 Å². The van der Waals surface area contributed by atoms with E-state index in [0.29, 0.717) is 44.1 Å². The second-order valence-electron chi connectivity index (χ2n) is 10.2. The molecule has 1 heterocycles. The molecule has 7 atom stereocenters. The number of cyclic esters (lactones) is 1. The van der Waals surface area contributed by atoms with E-state index in [-0.39, 0.29) is 23.9 Å². The van der Waals surface area contributed by atoms with Gasteiger partial charge in [0.2, 0.25) is 0 Å². The lowest BCUT2D eigenvalue weighted by atomic mass is 9.43. The lowest BCUT2D eigenvalue weighted by Gasteiger charge is -2.63. The molecule has 3 N–H and O–H groups in total. The molecular weight excluding hydrogens is 356 g/mol. The fraction of sp³-hybridized carbons (Fsp3) is 0.783. The third-order valence-electron chi connectivity index (χ3n) is 9.28. The third-order valence-corrected chi connectivity index (χ3v) is 9.28. The summed E-state index contributed by atoms with van der Waals surface area (Å²) >= 11 is 0. The van der Waals surface area contributed by atoms with Crippen molar-refractivity contribution in [2.75, 3.05) is 13.2 Å². The monoisotopic (exact) mass is 388 g/mol. The summed E-state index contributed by atoms with van der Waals surface area (Å²) in [6.45, 7) is 2.76. The summed E-state index contributed by atoms with van der Waals surface area (Å²) in [4.78, 5) is 11.6. The second kappa shape index (κ2) is 6.16. The van der Waals surface area contributed by atoms with Gasteiger partial charge in [-0.1, -0.05) is 18.6 Å². The van der Waals surface area contributed by atoms with Gasteiger partial charge in [0.15, 0.2) is 0 Å². The molecule has 7 unspecified atom stereocenters. The van der Waals surface area contributed by atoms with E-state index in [1.165, 1.54) is 5.57 Å². The van der Waals surface area contributed by atoms with Crippen molar-refractivity contribution in [2.24, 2.45) is 28.6 Å². The van der Waals surface area contributed by atoms with Crippen LogP contribution in [0, 0.1) is 28.6 Å². The highest BCUT2D eigenvalue weighted by atomic mass is 16.5. The summed E-state index contributed by atoms with van der Waals surface area (Å²) in [5.74, 6) is 0.750. The number of rotatable bonds is 2. The third kappa shape index (κ3) is 2.33. The average molecular weight is 389 g/mol. The maximum absolute atomic E-state index is 11.6. The molecule has 0 aromatic rings. The van der Waals surface area contributed by atoms with Crippen molar-refractivity contribution >= 4 is 5.97 Å². The van der Waals surface area contributed by atoms with Crippen molar-refractivity contribution in [3.8, 4) is 0 Å². The molecule has 0 aromatic carbocycles. The van der Waals surface area contributed by atoms with E-state index in [2.05, 4.69) is 13.0 Å². The van der Waals surface area contributed by atoms with Gasteiger partial charge in [-0.2, -0.15) is 0 Å². The molecule has 0 aromatic heterocycles. The predicted octanol–water partition coefficient (Wildman–Crippen LogP) is 2.50. The van der Waals surface area contributed by atoms with Gasteiger partial charge in [-0.05, 0) is 73.7 Å². The molecule has 5 heteroatoms. The summed E-state index contributed by atoms with van der Waals surface area (Å²) in [5, 5.41) is 32.2. The largest absolute Gasteiger partial charge is 0.458 e. The molecule has 4 aliphatic carbocycles. The number of aliphatic hydroxyl groups is 3. The SMILES string of the molecule is CC12CCC3C(CCC4(O)CC(O)CCC34CO)C1=CCC2C1=CC(=O)OC1. The molecule has 154 valence electrons. The van der Waals surface area contributed by atoms with Gasteiger partial charge >= 0.3 is 5.97 Å². The van der Waals surface area contributed by atoms with Gasteiger partial charge in [-0.15, -0.1) is 0 Å². The van der Waals surface area contributed by atoms with Crippen LogP contribution in [-0.4, -0.2) is 46.2 Å². The Morgan fingerprint density at radius 1 is 1.21 bits per heavy atom. The number of carbonyl (C=O) groups excluding carboxylic acids is 1. The zero-order chi connectivity index (χ0) is 19.7. The Morgan fingerprint density at radius 3 is 2.75 bits per heavy atom. The van der Waals surface area contributed by atoms with E-state index in [9.17, 15) is 20.1 Å². The van der Waals surface area contributed by atoms with E-state index < -0.39 is 17.1 Å². The van der Waals surface area contributed by atoms with E-state index in [1.807, 2.05) is 0 Å². The zero-order valence-electron chi connectivity index (χ0n) is 16.7. The summed E-state index contributed by atoms with van der Waals surface area (Å²) in [6, 6.07) is 0. The summed E-state index contributed by atoms with van der Waals surface area (Å²) in [5.41, 5.74) is 1.20. The number of carbonyl (C=O) groups is 1. The van der Waals surface area contributed by atoms with Crippen LogP contribution in [0.3, 0.4) is 0 Å². The molecule has 3 saturated carbocycles. The smallest absolute Gasteiger partial charge is 0.331 e. The number of hydrogen-bond donors (Lipinski definition) is 3. The van der Waals surface area contributed by atoms with Gasteiger partial charge in [0, 0.05) is 17.9 Å². The van der Waals surface area contributed by atoms with E-state index in [1.54, 1.807) is 6.08 Å². The van der Waals surface area contributed by atoms with Crippen molar-refractivity contribution in [1.29, 1.82) is 0 Å². The molecule has 1 aliphatic heterocycles. The van der Waals surface area contributed by atoms with Crippen LogP contribution in [0.25, 0.3) is 0 Å². The molecule has 5 nitrogen and oxygen atoms in total. The van der Waals surface area contributed by atoms with E-state index >= 15 is 0 Å². The lowest BCUT2D eigenvalue weighted by molar-refractivity contribution is -0.224. The van der Waals surface area contributed by atoms with Crippen LogP contribution >= 0.6 is 0 Å². The number of allylic oxidation sites excluding steroid dienone is 2. The second-order valence-corrected chi connectivity index (χ2v) is 10.2. The molecule has 0 bridgehead atoms. The van der Waals surface area contributed by atoms with Crippen LogP contribution in [0.2, 0.25) is 0 Å². The van der Waals surface area contributed by atoms with E-state index in [0.717, 1.165) is 31.3 Å². The molecule has 3 fully saturated rings. The Kier molecular flexibility index (Phi) is 4.15. The van der Waals surface area contributed by atoms with Crippen molar-refractivity contribution in [3.63, 3.8) is 0 Å². The van der Waals surface area contributed by atoms with Crippen molar-refractivity contribution in [3.05, 3.63) is 23.3 Å². The molecule has 0 spiro atoms. The van der Waals surface area contributed by atoms with Crippen LogP contribution in [0.4, 0.5) is 0 Å². The number of hydrogen-bond acceptors (Lipinski definition) is 5. The highest BCUT2D eigenvalue weighted by Crippen LogP contribution is 2.67. The molecular formula is C23H32O5. The van der Waals surface area contributed by atoms with Crippen LogP contribution in [-0.2, 0) is 9.53 Å². The van der Waals surface area contributed by atoms with Crippen molar-refractivity contribution in [2.45, 2.75) is 70.0 Å². The highest BCUT2D eigenvalue weighted by Gasteiger charge is 2.64. The Morgan fingerprint density at radius 2 is 2.04 bits per heavy atom. The molecule has 5 aliphatic rings. The van der Waals surface area contributed by atoms with Gasteiger partial charge in [0.05, 0.1) is 18.3 Å². The zero-order valence-corrected chi connectivity index (χ0v) is 16.7. The van der Waals surface area contributed by atoms with Gasteiger partial charge in [0.1, 0.15) is 6.61 Å². The molecule has 28 heavy (non-hydrogen) atoms. The normalized spacial score (nSPS) is 50.2. The van der Waals surface area contributed by atoms with Crippen LogP contribution < -0.4 is 0 Å². The Bertz CT molecular complexity index is 756. The minimum atomic E-state index is -0.957. The van der Waals surface area contributed by atoms with Crippen LogP contribution in [0.5, 0.6) is 0 Å². The number of fused-ring (bicyclic) bond motifs is 5. The van der Waals surface area contributed by atoms with Crippen LogP contribution in [0.15, 0.2) is 23.3 Å². The standard InChI is InChI=1S/C23H32O5/c1-21-7-6-19-16(18(21)3-2-17(21)14-10-20(26)28-12-14)5-9-23(27)11-15(25)4-8-22(19,23)13-24/h3,10,15-17,19,24-25,27H,2,4-9,11-13H2,1H3. The van der Waals surface area contributed by atoms with Gasteiger partial charge in [-0.25, -0.2) is 4.79 Å². The van der Waals surface area contributed by atoms with Gasteiger partial charge in [0.25, 0.3) is 0 Å². The topological polar surface area (TPSA) is 87.0 Å². The Balaban J connectivity index is 1.47. The van der Waals surface area contributed by atoms with Crippen LogP contribution in [0.1, 0.15) is 58.3 Å². The van der Waals surface area contributed by atoms with Crippen molar-refractivity contribution in [1.82, 2.24) is 0 Å². The van der Waals surface area contributed by atoms with Crippen molar-refractivity contribution < 1.29 is 24.9 Å². The molecule has 0 saturated heterocycles. The highest BCUT2D eigenvalue weighted by molar-refractivity contribution is 5.85. The maximum Gasteiger partial charge on any atom is 0.331 e. The lowest BCUT2D eigenvalue weighted by Crippen LogP contribution is -2.64. The summed E-state index contributed by atoms with van der Waals surface area (Å²) < 4.78 is 5.19. The minimum Gasteiger partial charge on any atom is -0.458 e. The molecule has 5 rings (SSSR count). The minimum absolute atomic E-state index is 0.00168. The first-order chi connectivity index (χ1) is 13.3. The quantitative estimate of drug-likeness (QED) is 0.500. The number of ether oxygens (including phenoxy) is 1.